The second-order valence-electron chi connectivity index (χ2n) is 4.00. The van der Waals surface area contributed by atoms with Gasteiger partial charge in [0.05, 0.1) is 11.6 Å². The first-order valence-electron chi connectivity index (χ1n) is 6.12. The Morgan fingerprint density at radius 1 is 1.35 bits per heavy atom. The summed E-state index contributed by atoms with van der Waals surface area (Å²) >= 11 is 1.79. The van der Waals surface area contributed by atoms with Crippen molar-refractivity contribution in [3.05, 3.63) is 23.4 Å². The van der Waals surface area contributed by atoms with Crippen LogP contribution in [0.3, 0.4) is 0 Å². The van der Waals surface area contributed by atoms with Gasteiger partial charge in [0, 0.05) is 18.5 Å². The van der Waals surface area contributed by atoms with Crippen LogP contribution in [0.2, 0.25) is 0 Å². The van der Waals surface area contributed by atoms with E-state index >= 15 is 0 Å². The molecular weight excluding hydrogens is 232 g/mol. The van der Waals surface area contributed by atoms with E-state index in [1.54, 1.807) is 18.0 Å². The standard InChI is InChI=1S/C13H22N2OS/c1-4-15(5-2)6-7-17-13-11(3)8-12(10-16)9-14-13/h8-9,16H,4-7,10H2,1-3H3. The third kappa shape index (κ3) is 4.66. The van der Waals surface area contributed by atoms with E-state index in [1.807, 2.05) is 13.0 Å². The molecule has 0 unspecified atom stereocenters. The summed E-state index contributed by atoms with van der Waals surface area (Å²) in [5.74, 6) is 1.06. The second-order valence-corrected chi connectivity index (χ2v) is 5.08. The molecule has 0 radical (unpaired) electrons. The molecule has 4 heteroatoms. The number of thioether (sulfide) groups is 1. The van der Waals surface area contributed by atoms with Gasteiger partial charge in [-0.15, -0.1) is 11.8 Å². The van der Waals surface area contributed by atoms with Gasteiger partial charge in [0.15, 0.2) is 0 Å². The number of aliphatic hydroxyl groups excluding tert-OH is 1. The predicted octanol–water partition coefficient (Wildman–Crippen LogP) is 2.32. The molecule has 1 rings (SSSR count). The Bertz CT molecular complexity index is 340. The molecule has 0 aromatic carbocycles. The lowest BCUT2D eigenvalue weighted by molar-refractivity contribution is 0.281. The molecule has 17 heavy (non-hydrogen) atoms. The molecule has 1 aromatic heterocycles. The number of aromatic nitrogens is 1. The molecular formula is C13H22N2OS. The molecule has 0 amide bonds. The number of aryl methyl sites for hydroxylation is 1. The van der Waals surface area contributed by atoms with Gasteiger partial charge in [-0.05, 0) is 37.2 Å². The molecule has 0 aliphatic rings. The van der Waals surface area contributed by atoms with E-state index in [9.17, 15) is 0 Å². The minimum atomic E-state index is 0.0677. The number of rotatable bonds is 7. The maximum absolute atomic E-state index is 9.01. The van der Waals surface area contributed by atoms with Crippen molar-refractivity contribution < 1.29 is 5.11 Å². The summed E-state index contributed by atoms with van der Waals surface area (Å²) in [6.07, 6.45) is 1.76. The quantitative estimate of drug-likeness (QED) is 0.758. The van der Waals surface area contributed by atoms with Crippen molar-refractivity contribution in [1.29, 1.82) is 0 Å². The summed E-state index contributed by atoms with van der Waals surface area (Å²) in [4.78, 5) is 6.79. The Hall–Kier alpha value is -0.580. The Balaban J connectivity index is 2.46. The van der Waals surface area contributed by atoms with Gasteiger partial charge < -0.3 is 10.0 Å². The Morgan fingerprint density at radius 2 is 2.06 bits per heavy atom. The number of hydrogen-bond acceptors (Lipinski definition) is 4. The molecule has 0 saturated carbocycles. The molecule has 3 nitrogen and oxygen atoms in total. The third-order valence-electron chi connectivity index (χ3n) is 2.81. The highest BCUT2D eigenvalue weighted by Gasteiger charge is 2.04. The summed E-state index contributed by atoms with van der Waals surface area (Å²) < 4.78 is 0. The maximum Gasteiger partial charge on any atom is 0.0989 e. The van der Waals surface area contributed by atoms with Gasteiger partial charge >= 0.3 is 0 Å². The van der Waals surface area contributed by atoms with Crippen LogP contribution in [0, 0.1) is 6.92 Å². The summed E-state index contributed by atoms with van der Waals surface area (Å²) in [5.41, 5.74) is 2.04. The van der Waals surface area contributed by atoms with E-state index in [2.05, 4.69) is 23.7 Å². The highest BCUT2D eigenvalue weighted by molar-refractivity contribution is 7.99. The predicted molar refractivity (Wildman–Crippen MR) is 73.4 cm³/mol. The molecule has 0 fully saturated rings. The van der Waals surface area contributed by atoms with Crippen LogP contribution in [0.15, 0.2) is 17.3 Å². The van der Waals surface area contributed by atoms with E-state index < -0.39 is 0 Å². The number of aliphatic hydroxyl groups is 1. The zero-order valence-electron chi connectivity index (χ0n) is 10.9. The molecule has 0 aliphatic carbocycles. The first-order chi connectivity index (χ1) is 8.21. The van der Waals surface area contributed by atoms with Crippen molar-refractivity contribution in [2.45, 2.75) is 32.4 Å². The fourth-order valence-corrected chi connectivity index (χ4v) is 2.63. The number of nitrogens with zero attached hydrogens (tertiary/aromatic N) is 2. The van der Waals surface area contributed by atoms with Crippen LogP contribution in [0.25, 0.3) is 0 Å². The van der Waals surface area contributed by atoms with Crippen LogP contribution in [-0.2, 0) is 6.61 Å². The second kappa shape index (κ2) is 7.69. The molecule has 0 saturated heterocycles. The Labute approximate surface area is 108 Å². The van der Waals surface area contributed by atoms with Gasteiger partial charge in [-0.2, -0.15) is 0 Å². The summed E-state index contributed by atoms with van der Waals surface area (Å²) in [6, 6.07) is 2.01. The lowest BCUT2D eigenvalue weighted by Crippen LogP contribution is -2.25. The van der Waals surface area contributed by atoms with Crippen LogP contribution in [-0.4, -0.2) is 40.4 Å². The first-order valence-corrected chi connectivity index (χ1v) is 7.11. The van der Waals surface area contributed by atoms with E-state index in [4.69, 9.17) is 5.11 Å². The minimum Gasteiger partial charge on any atom is -0.392 e. The highest BCUT2D eigenvalue weighted by Crippen LogP contribution is 2.20. The summed E-state index contributed by atoms with van der Waals surface area (Å²) in [6.45, 7) is 9.80. The maximum atomic E-state index is 9.01. The lowest BCUT2D eigenvalue weighted by atomic mass is 10.2. The molecule has 0 atom stereocenters. The van der Waals surface area contributed by atoms with E-state index in [1.165, 1.54) is 0 Å². The van der Waals surface area contributed by atoms with Crippen LogP contribution in [0.1, 0.15) is 25.0 Å². The van der Waals surface area contributed by atoms with Gasteiger partial charge in [0.2, 0.25) is 0 Å². The fourth-order valence-electron chi connectivity index (χ4n) is 1.67. The zero-order valence-corrected chi connectivity index (χ0v) is 11.8. The van der Waals surface area contributed by atoms with Gasteiger partial charge in [-0.3, -0.25) is 0 Å². The van der Waals surface area contributed by atoms with E-state index in [-0.39, 0.29) is 6.61 Å². The average Bonchev–Trinajstić information content (AvgIpc) is 2.36. The van der Waals surface area contributed by atoms with Gasteiger partial charge in [-0.25, -0.2) is 4.98 Å². The molecule has 96 valence electrons. The largest absolute Gasteiger partial charge is 0.392 e. The van der Waals surface area contributed by atoms with Crippen LogP contribution in [0.4, 0.5) is 0 Å². The molecule has 0 spiro atoms. The number of pyridine rings is 1. The summed E-state index contributed by atoms with van der Waals surface area (Å²) in [7, 11) is 0. The van der Waals surface area contributed by atoms with Crippen molar-refractivity contribution >= 4 is 11.8 Å². The van der Waals surface area contributed by atoms with Crippen LogP contribution < -0.4 is 0 Å². The zero-order chi connectivity index (χ0) is 12.7. The van der Waals surface area contributed by atoms with Crippen molar-refractivity contribution in [3.63, 3.8) is 0 Å². The molecule has 0 aliphatic heterocycles. The smallest absolute Gasteiger partial charge is 0.0989 e. The van der Waals surface area contributed by atoms with Crippen molar-refractivity contribution in [2.75, 3.05) is 25.4 Å². The van der Waals surface area contributed by atoms with Crippen LogP contribution in [0.5, 0.6) is 0 Å². The van der Waals surface area contributed by atoms with E-state index in [0.717, 1.165) is 41.5 Å². The fraction of sp³-hybridized carbons (Fsp3) is 0.615. The Kier molecular flexibility index (Phi) is 6.55. The van der Waals surface area contributed by atoms with Crippen molar-refractivity contribution in [2.24, 2.45) is 0 Å². The van der Waals surface area contributed by atoms with Gasteiger partial charge in [0.25, 0.3) is 0 Å². The molecule has 0 bridgehead atoms. The minimum absolute atomic E-state index is 0.0677. The number of hydrogen-bond donors (Lipinski definition) is 1. The molecule has 1 heterocycles. The monoisotopic (exact) mass is 254 g/mol. The van der Waals surface area contributed by atoms with Gasteiger partial charge in [-0.1, -0.05) is 13.8 Å². The van der Waals surface area contributed by atoms with Crippen molar-refractivity contribution in [3.8, 4) is 0 Å². The first kappa shape index (κ1) is 14.5. The normalized spacial score (nSPS) is 11.1. The molecule has 1 aromatic rings. The average molecular weight is 254 g/mol. The molecule has 1 N–H and O–H groups in total. The van der Waals surface area contributed by atoms with E-state index in [0.29, 0.717) is 0 Å². The van der Waals surface area contributed by atoms with Gasteiger partial charge in [0.1, 0.15) is 0 Å². The topological polar surface area (TPSA) is 36.4 Å². The van der Waals surface area contributed by atoms with Crippen molar-refractivity contribution in [1.82, 2.24) is 9.88 Å². The highest BCUT2D eigenvalue weighted by atomic mass is 32.2. The summed E-state index contributed by atoms with van der Waals surface area (Å²) in [5, 5.41) is 10.1. The third-order valence-corrected chi connectivity index (χ3v) is 3.90. The van der Waals surface area contributed by atoms with Crippen LogP contribution >= 0.6 is 11.8 Å². The Morgan fingerprint density at radius 3 is 2.59 bits per heavy atom. The lowest BCUT2D eigenvalue weighted by Gasteiger charge is -2.17. The SMILES string of the molecule is CCN(CC)CCSc1ncc(CO)cc1C.